The van der Waals surface area contributed by atoms with E-state index in [0.717, 1.165) is 39.8 Å². The highest BCUT2D eigenvalue weighted by Crippen LogP contribution is 2.51. The molecule has 3 heteroatoms. The predicted molar refractivity (Wildman–Crippen MR) is 186 cm³/mol. The summed E-state index contributed by atoms with van der Waals surface area (Å²) in [7, 11) is 0. The zero-order valence-electron chi connectivity index (χ0n) is 24.5. The number of hydrogen-bond donors (Lipinski definition) is 0. The molecular formula is C42H28N2O. The average Bonchev–Trinajstić information content (AvgIpc) is 3.46. The summed E-state index contributed by atoms with van der Waals surface area (Å²) in [5, 5.41) is 2.42. The number of benzene rings is 7. The molecule has 9 rings (SSSR count). The molecule has 3 nitrogen and oxygen atoms in total. The fraction of sp³-hybridized carbons (Fsp3) is 0. The number of aromatic nitrogens is 1. The molecule has 0 aliphatic carbocycles. The fourth-order valence-electron chi connectivity index (χ4n) is 6.69. The van der Waals surface area contributed by atoms with Crippen LogP contribution >= 0.6 is 0 Å². The number of para-hydroxylation sites is 3. The van der Waals surface area contributed by atoms with E-state index in [2.05, 4.69) is 179 Å². The first kappa shape index (κ1) is 25.4. The lowest BCUT2D eigenvalue weighted by atomic mass is 10.0. The Morgan fingerprint density at radius 1 is 0.422 bits per heavy atom. The van der Waals surface area contributed by atoms with Gasteiger partial charge >= 0.3 is 0 Å². The quantitative estimate of drug-likeness (QED) is 0.203. The molecule has 45 heavy (non-hydrogen) atoms. The first-order chi connectivity index (χ1) is 22.3. The van der Waals surface area contributed by atoms with Gasteiger partial charge in [-0.2, -0.15) is 0 Å². The SMILES string of the molecule is c1ccc(-c2ccc(N(c3ccc(-c4ccccc4)cc3)c3cccc4c3Oc3cccc5c6ccccc6n-4c35)cc2)cc1. The lowest BCUT2D eigenvalue weighted by Gasteiger charge is -2.30. The Bertz CT molecular complexity index is 2240. The molecule has 0 spiro atoms. The van der Waals surface area contributed by atoms with Gasteiger partial charge in [0.1, 0.15) is 0 Å². The van der Waals surface area contributed by atoms with E-state index in [4.69, 9.17) is 4.74 Å². The second-order valence-corrected chi connectivity index (χ2v) is 11.4. The van der Waals surface area contributed by atoms with E-state index in [0.29, 0.717) is 0 Å². The van der Waals surface area contributed by atoms with Crippen LogP contribution in [0.2, 0.25) is 0 Å². The number of fused-ring (bicyclic) bond motifs is 5. The minimum Gasteiger partial charge on any atom is -0.451 e. The van der Waals surface area contributed by atoms with Crippen LogP contribution in [-0.2, 0) is 0 Å². The van der Waals surface area contributed by atoms with Crippen molar-refractivity contribution in [3.05, 3.63) is 170 Å². The Kier molecular flexibility index (Phi) is 5.82. The molecule has 1 aliphatic rings. The number of nitrogens with zero attached hydrogens (tertiary/aromatic N) is 2. The van der Waals surface area contributed by atoms with Crippen LogP contribution in [0, 0.1) is 0 Å². The Hall–Kier alpha value is -6.06. The third kappa shape index (κ3) is 4.13. The maximum absolute atomic E-state index is 6.86. The van der Waals surface area contributed by atoms with Gasteiger partial charge in [0.15, 0.2) is 11.5 Å². The molecule has 0 saturated carbocycles. The highest BCUT2D eigenvalue weighted by molar-refractivity contribution is 6.12. The topological polar surface area (TPSA) is 17.4 Å². The first-order valence-corrected chi connectivity index (χ1v) is 15.3. The largest absolute Gasteiger partial charge is 0.451 e. The number of ether oxygens (including phenoxy) is 1. The Labute approximate surface area is 261 Å². The summed E-state index contributed by atoms with van der Waals surface area (Å²) in [6.07, 6.45) is 0. The molecule has 0 unspecified atom stereocenters. The highest BCUT2D eigenvalue weighted by Gasteiger charge is 2.28. The van der Waals surface area contributed by atoms with Gasteiger partial charge in [-0.15, -0.1) is 0 Å². The van der Waals surface area contributed by atoms with E-state index in [9.17, 15) is 0 Å². The normalized spacial score (nSPS) is 11.7. The number of hydrogen-bond acceptors (Lipinski definition) is 2. The van der Waals surface area contributed by atoms with Crippen LogP contribution in [0.15, 0.2) is 170 Å². The molecule has 0 fully saturated rings. The monoisotopic (exact) mass is 576 g/mol. The maximum atomic E-state index is 6.86. The van der Waals surface area contributed by atoms with Crippen molar-refractivity contribution in [3.63, 3.8) is 0 Å². The molecule has 0 radical (unpaired) electrons. The minimum atomic E-state index is 0.832. The van der Waals surface area contributed by atoms with Gasteiger partial charge in [0.05, 0.1) is 22.4 Å². The molecule has 8 aromatic rings. The highest BCUT2D eigenvalue weighted by atomic mass is 16.5. The third-order valence-electron chi connectivity index (χ3n) is 8.79. The van der Waals surface area contributed by atoms with Gasteiger partial charge in [-0.1, -0.05) is 121 Å². The van der Waals surface area contributed by atoms with Crippen molar-refractivity contribution >= 4 is 38.9 Å². The molecule has 2 heterocycles. The standard InChI is InChI=1S/C42H28N2O/c1-3-11-29(12-4-1)31-21-25-33(26-22-31)43(34-27-23-32(24-28-34)30-13-5-2-6-14-30)38-18-10-19-39-42(38)45-40-20-9-16-36-35-15-7-8-17-37(35)44(39)41(36)40/h1-28H. The third-order valence-corrected chi connectivity index (χ3v) is 8.79. The lowest BCUT2D eigenvalue weighted by Crippen LogP contribution is -2.14. The van der Waals surface area contributed by atoms with Crippen LogP contribution in [0.1, 0.15) is 0 Å². The minimum absolute atomic E-state index is 0.832. The summed E-state index contributed by atoms with van der Waals surface area (Å²) in [6.45, 7) is 0. The van der Waals surface area contributed by atoms with Gasteiger partial charge in [-0.05, 0) is 70.8 Å². The van der Waals surface area contributed by atoms with E-state index < -0.39 is 0 Å². The van der Waals surface area contributed by atoms with Crippen LogP contribution in [0.25, 0.3) is 49.7 Å². The Morgan fingerprint density at radius 3 is 1.60 bits per heavy atom. The lowest BCUT2D eigenvalue weighted by molar-refractivity contribution is 0.477. The molecule has 0 atom stereocenters. The van der Waals surface area contributed by atoms with E-state index in [-0.39, 0.29) is 0 Å². The number of rotatable bonds is 5. The molecule has 1 aliphatic heterocycles. The van der Waals surface area contributed by atoms with Gasteiger partial charge in [0, 0.05) is 22.1 Å². The van der Waals surface area contributed by atoms with Crippen molar-refractivity contribution in [1.29, 1.82) is 0 Å². The molecule has 7 aromatic carbocycles. The second kappa shape index (κ2) is 10.3. The molecule has 0 saturated heterocycles. The predicted octanol–water partition coefficient (Wildman–Crippen LogP) is 11.7. The van der Waals surface area contributed by atoms with Crippen LogP contribution in [-0.4, -0.2) is 4.57 Å². The van der Waals surface area contributed by atoms with E-state index in [1.54, 1.807) is 0 Å². The van der Waals surface area contributed by atoms with E-state index in [1.807, 2.05) is 0 Å². The average molecular weight is 577 g/mol. The van der Waals surface area contributed by atoms with Crippen molar-refractivity contribution in [2.75, 3.05) is 4.90 Å². The van der Waals surface area contributed by atoms with Crippen molar-refractivity contribution in [1.82, 2.24) is 4.57 Å². The Balaban J connectivity index is 1.24. The summed E-state index contributed by atoms with van der Waals surface area (Å²) >= 11 is 0. The summed E-state index contributed by atoms with van der Waals surface area (Å²) in [6, 6.07) is 60.0. The summed E-state index contributed by atoms with van der Waals surface area (Å²) in [5.74, 6) is 1.69. The fourth-order valence-corrected chi connectivity index (χ4v) is 6.69. The molecule has 0 N–H and O–H groups in total. The summed E-state index contributed by atoms with van der Waals surface area (Å²) in [4.78, 5) is 2.30. The van der Waals surface area contributed by atoms with Crippen LogP contribution in [0.5, 0.6) is 11.5 Å². The molecular weight excluding hydrogens is 548 g/mol. The van der Waals surface area contributed by atoms with Gasteiger partial charge in [-0.25, -0.2) is 0 Å². The van der Waals surface area contributed by atoms with Crippen LogP contribution < -0.4 is 9.64 Å². The molecule has 0 bridgehead atoms. The zero-order chi connectivity index (χ0) is 29.7. The first-order valence-electron chi connectivity index (χ1n) is 15.3. The smallest absolute Gasteiger partial charge is 0.175 e. The Morgan fingerprint density at radius 2 is 0.956 bits per heavy atom. The van der Waals surface area contributed by atoms with Gasteiger partial charge in [-0.3, -0.25) is 0 Å². The summed E-state index contributed by atoms with van der Waals surface area (Å²) < 4.78 is 9.22. The van der Waals surface area contributed by atoms with Crippen molar-refractivity contribution in [3.8, 4) is 39.4 Å². The second-order valence-electron chi connectivity index (χ2n) is 11.4. The van der Waals surface area contributed by atoms with Crippen LogP contribution in [0.4, 0.5) is 17.1 Å². The molecule has 212 valence electrons. The maximum Gasteiger partial charge on any atom is 0.175 e. The van der Waals surface area contributed by atoms with E-state index >= 15 is 0 Å². The number of anilines is 3. The van der Waals surface area contributed by atoms with Crippen molar-refractivity contribution < 1.29 is 4.74 Å². The van der Waals surface area contributed by atoms with E-state index in [1.165, 1.54) is 38.5 Å². The molecule has 1 aromatic heterocycles. The van der Waals surface area contributed by atoms with Gasteiger partial charge in [0.25, 0.3) is 0 Å². The van der Waals surface area contributed by atoms with Crippen molar-refractivity contribution in [2.24, 2.45) is 0 Å². The molecule has 0 amide bonds. The zero-order valence-corrected chi connectivity index (χ0v) is 24.5. The van der Waals surface area contributed by atoms with Gasteiger partial charge in [0.2, 0.25) is 0 Å². The van der Waals surface area contributed by atoms with Crippen molar-refractivity contribution in [2.45, 2.75) is 0 Å². The van der Waals surface area contributed by atoms with Gasteiger partial charge < -0.3 is 14.2 Å². The summed E-state index contributed by atoms with van der Waals surface area (Å²) in [5.41, 5.74) is 11.2. The van der Waals surface area contributed by atoms with Crippen LogP contribution in [0.3, 0.4) is 0 Å².